The van der Waals surface area contributed by atoms with Crippen LogP contribution in [0.1, 0.15) is 38.6 Å². The molecule has 1 saturated carbocycles. The normalized spacial score (nSPS) is 26.0. The Morgan fingerprint density at radius 2 is 2.00 bits per heavy atom. The molecule has 1 aliphatic carbocycles. The van der Waals surface area contributed by atoms with Gasteiger partial charge in [0.05, 0.1) is 6.10 Å². The lowest BCUT2D eigenvalue weighted by molar-refractivity contribution is -0.162. The lowest BCUT2D eigenvalue weighted by atomic mass is 9.54. The van der Waals surface area contributed by atoms with Gasteiger partial charge in [0.25, 0.3) is 0 Å². The van der Waals surface area contributed by atoms with Crippen LogP contribution in [0.5, 0.6) is 0 Å². The predicted molar refractivity (Wildman–Crippen MR) is 87.3 cm³/mol. The van der Waals surface area contributed by atoms with E-state index in [1.54, 1.807) is 0 Å². The zero-order valence-electron chi connectivity index (χ0n) is 13.9. The summed E-state index contributed by atoms with van der Waals surface area (Å²) in [6.07, 6.45) is 0.790. The molecule has 1 aromatic heterocycles. The third-order valence-corrected chi connectivity index (χ3v) is 5.09. The van der Waals surface area contributed by atoms with Crippen molar-refractivity contribution in [1.29, 1.82) is 0 Å². The standard InChI is InChI=1S/C17H24N4O2/c1-4-22-13-9-17(19,16(13,2)3)15-20-14(21-23-15)12-7-5-11(10-18)6-8-12/h5-8,13H,4,9-10,18-19H2,1-3H3. The van der Waals surface area contributed by atoms with Gasteiger partial charge in [-0.2, -0.15) is 4.98 Å². The molecular formula is C17H24N4O2. The second-order valence-electron chi connectivity index (χ2n) is 6.67. The van der Waals surface area contributed by atoms with Gasteiger partial charge in [0.2, 0.25) is 11.7 Å². The molecule has 3 rings (SSSR count). The summed E-state index contributed by atoms with van der Waals surface area (Å²) in [7, 11) is 0. The Hall–Kier alpha value is -1.76. The van der Waals surface area contributed by atoms with Crippen molar-refractivity contribution in [2.45, 2.75) is 45.4 Å². The van der Waals surface area contributed by atoms with Gasteiger partial charge in [0, 0.05) is 30.6 Å². The first-order chi connectivity index (χ1) is 10.9. The van der Waals surface area contributed by atoms with Crippen LogP contribution in [0.15, 0.2) is 28.8 Å². The minimum atomic E-state index is -0.657. The highest BCUT2D eigenvalue weighted by Crippen LogP contribution is 2.55. The number of nitrogens with two attached hydrogens (primary N) is 2. The molecule has 1 fully saturated rings. The number of ether oxygens (including phenoxy) is 1. The highest BCUT2D eigenvalue weighted by Gasteiger charge is 2.62. The molecule has 0 amide bonds. The third kappa shape index (κ3) is 2.47. The molecule has 6 nitrogen and oxygen atoms in total. The Morgan fingerprint density at radius 1 is 1.30 bits per heavy atom. The Labute approximate surface area is 136 Å². The fraction of sp³-hybridized carbons (Fsp3) is 0.529. The highest BCUT2D eigenvalue weighted by molar-refractivity contribution is 5.54. The average Bonchev–Trinajstić information content (AvgIpc) is 3.05. The quantitative estimate of drug-likeness (QED) is 0.877. The molecule has 124 valence electrons. The van der Waals surface area contributed by atoms with Gasteiger partial charge in [-0.3, -0.25) is 0 Å². The van der Waals surface area contributed by atoms with Crippen molar-refractivity contribution in [3.05, 3.63) is 35.7 Å². The fourth-order valence-corrected chi connectivity index (χ4v) is 3.11. The first-order valence-electron chi connectivity index (χ1n) is 7.96. The molecule has 1 heterocycles. The van der Waals surface area contributed by atoms with Crippen LogP contribution in [0.25, 0.3) is 11.4 Å². The molecule has 0 aliphatic heterocycles. The molecule has 6 heteroatoms. The van der Waals surface area contributed by atoms with Gasteiger partial charge < -0.3 is 20.7 Å². The first-order valence-corrected chi connectivity index (χ1v) is 7.96. The van der Waals surface area contributed by atoms with Crippen molar-refractivity contribution in [3.8, 4) is 11.4 Å². The summed E-state index contributed by atoms with van der Waals surface area (Å²) in [5.74, 6) is 1.01. The van der Waals surface area contributed by atoms with E-state index in [2.05, 4.69) is 24.0 Å². The average molecular weight is 316 g/mol. The van der Waals surface area contributed by atoms with Crippen LogP contribution in [-0.2, 0) is 16.8 Å². The smallest absolute Gasteiger partial charge is 0.247 e. The van der Waals surface area contributed by atoms with Gasteiger partial charge in [-0.1, -0.05) is 43.3 Å². The predicted octanol–water partition coefficient (Wildman–Crippen LogP) is 2.18. The highest BCUT2D eigenvalue weighted by atomic mass is 16.5. The lowest BCUT2D eigenvalue weighted by Crippen LogP contribution is -2.67. The maximum atomic E-state index is 6.57. The summed E-state index contributed by atoms with van der Waals surface area (Å²) in [5.41, 5.74) is 13.2. The zero-order valence-corrected chi connectivity index (χ0v) is 13.9. The maximum absolute atomic E-state index is 6.57. The van der Waals surface area contributed by atoms with Crippen LogP contribution < -0.4 is 11.5 Å². The van der Waals surface area contributed by atoms with Crippen molar-refractivity contribution in [2.75, 3.05) is 6.61 Å². The van der Waals surface area contributed by atoms with Crippen LogP contribution in [0.3, 0.4) is 0 Å². The van der Waals surface area contributed by atoms with Crippen LogP contribution in [0.2, 0.25) is 0 Å². The van der Waals surface area contributed by atoms with E-state index in [-0.39, 0.29) is 11.5 Å². The van der Waals surface area contributed by atoms with E-state index in [1.807, 2.05) is 31.2 Å². The van der Waals surface area contributed by atoms with E-state index in [9.17, 15) is 0 Å². The Kier molecular flexibility index (Phi) is 4.00. The summed E-state index contributed by atoms with van der Waals surface area (Å²) >= 11 is 0. The molecule has 0 spiro atoms. The monoisotopic (exact) mass is 316 g/mol. The minimum absolute atomic E-state index is 0.108. The van der Waals surface area contributed by atoms with Crippen LogP contribution in [0.4, 0.5) is 0 Å². The van der Waals surface area contributed by atoms with E-state index in [4.69, 9.17) is 20.7 Å². The molecular weight excluding hydrogens is 292 g/mol. The summed E-state index contributed by atoms with van der Waals surface area (Å²) in [4.78, 5) is 4.53. The molecule has 2 unspecified atom stereocenters. The van der Waals surface area contributed by atoms with E-state index in [1.165, 1.54) is 0 Å². The number of aromatic nitrogens is 2. The minimum Gasteiger partial charge on any atom is -0.378 e. The van der Waals surface area contributed by atoms with Crippen molar-refractivity contribution in [1.82, 2.24) is 10.1 Å². The van der Waals surface area contributed by atoms with Gasteiger partial charge in [-0.05, 0) is 12.5 Å². The van der Waals surface area contributed by atoms with E-state index >= 15 is 0 Å². The number of hydrogen-bond acceptors (Lipinski definition) is 6. The summed E-state index contributed by atoms with van der Waals surface area (Å²) in [6, 6.07) is 7.80. The molecule has 0 saturated heterocycles. The van der Waals surface area contributed by atoms with Crippen molar-refractivity contribution in [3.63, 3.8) is 0 Å². The largest absolute Gasteiger partial charge is 0.378 e. The van der Waals surface area contributed by atoms with Crippen LogP contribution in [-0.4, -0.2) is 22.9 Å². The second kappa shape index (κ2) is 5.70. The van der Waals surface area contributed by atoms with Gasteiger partial charge in [0.15, 0.2) is 0 Å². The summed E-state index contributed by atoms with van der Waals surface area (Å²) < 4.78 is 11.2. The van der Waals surface area contributed by atoms with Crippen LogP contribution in [0, 0.1) is 5.41 Å². The fourth-order valence-electron chi connectivity index (χ4n) is 3.11. The van der Waals surface area contributed by atoms with Crippen molar-refractivity contribution >= 4 is 0 Å². The van der Waals surface area contributed by atoms with Gasteiger partial charge in [0.1, 0.15) is 5.54 Å². The topological polar surface area (TPSA) is 100 Å². The molecule has 23 heavy (non-hydrogen) atoms. The maximum Gasteiger partial charge on any atom is 0.247 e. The third-order valence-electron chi connectivity index (χ3n) is 5.09. The Balaban J connectivity index is 1.84. The van der Waals surface area contributed by atoms with Crippen LogP contribution >= 0.6 is 0 Å². The first kappa shape index (κ1) is 16.1. The van der Waals surface area contributed by atoms with Gasteiger partial charge in [-0.15, -0.1) is 0 Å². The number of rotatable bonds is 5. The molecule has 1 aliphatic rings. The molecule has 1 aromatic carbocycles. The van der Waals surface area contributed by atoms with E-state index in [0.29, 0.717) is 31.3 Å². The van der Waals surface area contributed by atoms with Crippen molar-refractivity contribution < 1.29 is 9.26 Å². The number of hydrogen-bond donors (Lipinski definition) is 2. The SMILES string of the molecule is CCOC1CC(N)(c2nc(-c3ccc(CN)cc3)no2)C1(C)C. The Morgan fingerprint density at radius 3 is 2.57 bits per heavy atom. The molecule has 4 N–H and O–H groups in total. The second-order valence-corrected chi connectivity index (χ2v) is 6.67. The molecule has 0 radical (unpaired) electrons. The van der Waals surface area contributed by atoms with Gasteiger partial charge >= 0.3 is 0 Å². The molecule has 2 atom stereocenters. The van der Waals surface area contributed by atoms with Gasteiger partial charge in [-0.25, -0.2) is 0 Å². The van der Waals surface area contributed by atoms with E-state index < -0.39 is 5.54 Å². The number of benzene rings is 1. The summed E-state index contributed by atoms with van der Waals surface area (Å²) in [5, 5.41) is 4.09. The van der Waals surface area contributed by atoms with E-state index in [0.717, 1.165) is 11.1 Å². The number of nitrogens with zero attached hydrogens (tertiary/aromatic N) is 2. The van der Waals surface area contributed by atoms with Crippen molar-refractivity contribution in [2.24, 2.45) is 16.9 Å². The molecule has 2 aromatic rings. The lowest BCUT2D eigenvalue weighted by Gasteiger charge is -2.56. The summed E-state index contributed by atoms with van der Waals surface area (Å²) in [6.45, 7) is 7.33. The Bertz CT molecular complexity index is 680. The zero-order chi connectivity index (χ0) is 16.7. The molecule has 0 bridgehead atoms.